The van der Waals surface area contributed by atoms with Gasteiger partial charge in [-0.15, -0.1) is 0 Å². The normalized spacial score (nSPS) is 19.8. The fourth-order valence-corrected chi connectivity index (χ4v) is 7.40. The van der Waals surface area contributed by atoms with Gasteiger partial charge in [-0.25, -0.2) is 22.5 Å². The minimum atomic E-state index is -3.60. The molecule has 1 N–H and O–H groups in total. The lowest BCUT2D eigenvalue weighted by atomic mass is 9.63. The summed E-state index contributed by atoms with van der Waals surface area (Å²) in [5, 5.41) is 0. The van der Waals surface area contributed by atoms with Gasteiger partial charge in [0.05, 0.1) is 12.1 Å². The summed E-state index contributed by atoms with van der Waals surface area (Å²) in [6.45, 7) is 3.92. The molecule has 198 valence electrons. The first-order chi connectivity index (χ1) is 17.3. The molecule has 4 rings (SSSR count). The Hall–Kier alpha value is -2.26. The Morgan fingerprint density at radius 3 is 2.47 bits per heavy atom. The van der Waals surface area contributed by atoms with Crippen molar-refractivity contribution in [2.45, 2.75) is 77.3 Å². The zero-order valence-corrected chi connectivity index (χ0v) is 22.1. The Kier molecular flexibility index (Phi) is 8.83. The molecule has 1 saturated carbocycles. The van der Waals surface area contributed by atoms with E-state index >= 15 is 0 Å². The van der Waals surface area contributed by atoms with Crippen LogP contribution in [0.2, 0.25) is 0 Å². The second-order valence-corrected chi connectivity index (χ2v) is 12.5. The summed E-state index contributed by atoms with van der Waals surface area (Å²) in [5.41, 5.74) is 0.842. The van der Waals surface area contributed by atoms with Crippen LogP contribution in [0.4, 0.5) is 4.39 Å². The van der Waals surface area contributed by atoms with Crippen molar-refractivity contribution in [2.75, 3.05) is 18.8 Å². The third-order valence-corrected chi connectivity index (χ3v) is 9.63. The van der Waals surface area contributed by atoms with E-state index < -0.39 is 16.1 Å². The van der Waals surface area contributed by atoms with E-state index in [1.807, 2.05) is 23.6 Å². The highest BCUT2D eigenvalue weighted by Gasteiger charge is 2.43. The third-order valence-electron chi connectivity index (χ3n) is 8.04. The molecule has 2 aromatic rings. The number of hydrogen-bond donors (Lipinski definition) is 1. The van der Waals surface area contributed by atoms with Crippen LogP contribution < -0.4 is 4.72 Å². The third kappa shape index (κ3) is 6.73. The van der Waals surface area contributed by atoms with Crippen molar-refractivity contribution in [1.82, 2.24) is 19.2 Å². The van der Waals surface area contributed by atoms with Gasteiger partial charge in [-0.05, 0) is 67.6 Å². The monoisotopic (exact) mass is 518 g/mol. The number of nitrogens with one attached hydrogen (secondary N) is 1. The number of carbonyl (C=O) groups is 1. The van der Waals surface area contributed by atoms with Gasteiger partial charge in [-0.3, -0.25) is 4.79 Å². The number of benzene rings is 1. The minimum absolute atomic E-state index is 0.0319. The number of piperidine rings is 1. The van der Waals surface area contributed by atoms with Gasteiger partial charge >= 0.3 is 0 Å². The van der Waals surface area contributed by atoms with Crippen LogP contribution in [0.15, 0.2) is 43.0 Å². The van der Waals surface area contributed by atoms with Gasteiger partial charge in [0.1, 0.15) is 11.9 Å². The van der Waals surface area contributed by atoms with Crippen LogP contribution in [0.5, 0.6) is 0 Å². The number of sulfonamides is 1. The van der Waals surface area contributed by atoms with Gasteiger partial charge in [0, 0.05) is 32.0 Å². The molecular weight excluding hydrogens is 479 g/mol. The van der Waals surface area contributed by atoms with Crippen LogP contribution in [0, 0.1) is 17.2 Å². The number of carbonyl (C=O) groups excluding carboxylic acids is 1. The number of nitrogens with zero attached hydrogens (tertiary/aromatic N) is 3. The van der Waals surface area contributed by atoms with Gasteiger partial charge in [0.2, 0.25) is 15.9 Å². The maximum atomic E-state index is 13.7. The number of halogens is 1. The van der Waals surface area contributed by atoms with Crippen LogP contribution in [-0.2, 0) is 27.8 Å². The van der Waals surface area contributed by atoms with Crippen molar-refractivity contribution in [3.63, 3.8) is 0 Å². The molecule has 1 saturated heterocycles. The van der Waals surface area contributed by atoms with Crippen molar-refractivity contribution >= 4 is 15.9 Å². The Labute approximate surface area is 214 Å². The first kappa shape index (κ1) is 26.8. The molecule has 7 nitrogen and oxygen atoms in total. The standard InChI is InChI=1S/C27H39FN4O3S/c1-2-18-36(34,35)30-25(19-22-8-10-24(28)11-9-22)26(33)32-15-12-27(13-16-32,20-31-17-14-29-21-31)23-6-4-3-5-7-23/h8-11,14,17,21,23,25,30H,2-7,12-13,15-16,18-20H2,1H3. The van der Waals surface area contributed by atoms with E-state index in [1.165, 1.54) is 44.2 Å². The molecule has 1 unspecified atom stereocenters. The van der Waals surface area contributed by atoms with Crippen molar-refractivity contribution < 1.29 is 17.6 Å². The Balaban J connectivity index is 1.50. The summed E-state index contributed by atoms with van der Waals surface area (Å²) < 4.78 is 43.5. The molecule has 0 radical (unpaired) electrons. The first-order valence-corrected chi connectivity index (χ1v) is 14.9. The molecule has 0 bridgehead atoms. The van der Waals surface area contributed by atoms with Gasteiger partial charge < -0.3 is 9.47 Å². The van der Waals surface area contributed by atoms with Crippen LogP contribution in [-0.4, -0.2) is 53.7 Å². The van der Waals surface area contributed by atoms with Crippen LogP contribution >= 0.6 is 0 Å². The number of amides is 1. The zero-order valence-electron chi connectivity index (χ0n) is 21.2. The Morgan fingerprint density at radius 2 is 1.86 bits per heavy atom. The lowest BCUT2D eigenvalue weighted by Crippen LogP contribution is -2.54. The molecule has 1 aliphatic carbocycles. The molecule has 1 aliphatic heterocycles. The lowest BCUT2D eigenvalue weighted by molar-refractivity contribution is -0.136. The molecule has 2 heterocycles. The highest BCUT2D eigenvalue weighted by molar-refractivity contribution is 7.89. The summed E-state index contributed by atoms with van der Waals surface area (Å²) in [4.78, 5) is 19.7. The Morgan fingerprint density at radius 1 is 1.17 bits per heavy atom. The first-order valence-electron chi connectivity index (χ1n) is 13.3. The predicted octanol–water partition coefficient (Wildman–Crippen LogP) is 4.15. The average Bonchev–Trinajstić information content (AvgIpc) is 3.38. The number of rotatable bonds is 10. The largest absolute Gasteiger partial charge is 0.341 e. The summed E-state index contributed by atoms with van der Waals surface area (Å²) in [6.07, 6.45) is 14.4. The highest BCUT2D eigenvalue weighted by Crippen LogP contribution is 2.47. The van der Waals surface area contributed by atoms with Gasteiger partial charge in [0.15, 0.2) is 0 Å². The fourth-order valence-electron chi connectivity index (χ4n) is 6.13. The lowest BCUT2D eigenvalue weighted by Gasteiger charge is -2.48. The molecule has 2 fully saturated rings. The quantitative estimate of drug-likeness (QED) is 0.512. The van der Waals surface area contributed by atoms with Gasteiger partial charge in [-0.2, -0.15) is 0 Å². The molecule has 2 aliphatic rings. The molecule has 1 atom stereocenters. The summed E-state index contributed by atoms with van der Waals surface area (Å²) in [7, 11) is -3.60. The number of aromatic nitrogens is 2. The van der Waals surface area contributed by atoms with E-state index in [1.54, 1.807) is 19.1 Å². The van der Waals surface area contributed by atoms with Crippen molar-refractivity contribution in [3.05, 3.63) is 54.4 Å². The molecule has 1 aromatic heterocycles. The van der Waals surface area contributed by atoms with Crippen LogP contribution in [0.3, 0.4) is 0 Å². The SMILES string of the molecule is CCCS(=O)(=O)NC(Cc1ccc(F)cc1)C(=O)N1CCC(Cn2ccnc2)(C2CCCCC2)CC1. The molecule has 1 aromatic carbocycles. The van der Waals surface area contributed by atoms with Crippen molar-refractivity contribution in [1.29, 1.82) is 0 Å². The van der Waals surface area contributed by atoms with E-state index in [0.29, 0.717) is 25.4 Å². The average molecular weight is 519 g/mol. The summed E-state index contributed by atoms with van der Waals surface area (Å²) in [6, 6.07) is 5.00. The molecule has 1 amide bonds. The second-order valence-electron chi connectivity index (χ2n) is 10.6. The Bertz CT molecular complexity index is 1070. The maximum absolute atomic E-state index is 13.7. The number of likely N-dealkylation sites (tertiary alicyclic amines) is 1. The molecule has 9 heteroatoms. The van der Waals surface area contributed by atoms with Gasteiger partial charge in [0.25, 0.3) is 0 Å². The van der Waals surface area contributed by atoms with Crippen molar-refractivity contribution in [3.8, 4) is 0 Å². The van der Waals surface area contributed by atoms with Gasteiger partial charge in [-0.1, -0.05) is 38.3 Å². The van der Waals surface area contributed by atoms with E-state index in [4.69, 9.17) is 0 Å². The van der Waals surface area contributed by atoms with E-state index in [-0.39, 0.29) is 29.3 Å². The summed E-state index contributed by atoms with van der Waals surface area (Å²) >= 11 is 0. The highest BCUT2D eigenvalue weighted by atomic mass is 32.2. The predicted molar refractivity (Wildman–Crippen MR) is 138 cm³/mol. The van der Waals surface area contributed by atoms with E-state index in [9.17, 15) is 17.6 Å². The van der Waals surface area contributed by atoms with Crippen LogP contribution in [0.25, 0.3) is 0 Å². The molecular formula is C27H39FN4O3S. The molecule has 0 spiro atoms. The van der Waals surface area contributed by atoms with Crippen LogP contribution in [0.1, 0.15) is 63.9 Å². The second kappa shape index (κ2) is 11.9. The maximum Gasteiger partial charge on any atom is 0.241 e. The fraction of sp³-hybridized carbons (Fsp3) is 0.630. The van der Waals surface area contributed by atoms with E-state index in [2.05, 4.69) is 14.3 Å². The summed E-state index contributed by atoms with van der Waals surface area (Å²) in [5.74, 6) is 0.0413. The smallest absolute Gasteiger partial charge is 0.241 e. The zero-order chi connectivity index (χ0) is 25.6. The molecule has 36 heavy (non-hydrogen) atoms. The number of hydrogen-bond acceptors (Lipinski definition) is 4. The van der Waals surface area contributed by atoms with E-state index in [0.717, 1.165) is 24.9 Å². The number of imidazole rings is 1. The minimum Gasteiger partial charge on any atom is -0.341 e. The topological polar surface area (TPSA) is 84.3 Å². The van der Waals surface area contributed by atoms with Crippen molar-refractivity contribution in [2.24, 2.45) is 11.3 Å².